The summed E-state index contributed by atoms with van der Waals surface area (Å²) < 4.78 is 46.6. The van der Waals surface area contributed by atoms with E-state index in [1.54, 1.807) is 24.4 Å². The van der Waals surface area contributed by atoms with Crippen LogP contribution in [0.25, 0.3) is 11.0 Å². The third-order valence-corrected chi connectivity index (χ3v) is 6.15. The van der Waals surface area contributed by atoms with Gasteiger partial charge >= 0.3 is 7.12 Å². The summed E-state index contributed by atoms with van der Waals surface area (Å²) in [5.74, 6) is -0.797. The fourth-order valence-corrected chi connectivity index (χ4v) is 4.35. The molecule has 0 bridgehead atoms. The first kappa shape index (κ1) is 15.2. The summed E-state index contributed by atoms with van der Waals surface area (Å²) in [6, 6.07) is 10.1. The predicted octanol–water partition coefficient (Wildman–Crippen LogP) is 1.33. The van der Waals surface area contributed by atoms with Gasteiger partial charge in [0.05, 0.1) is 0 Å². The highest BCUT2D eigenvalue weighted by Crippen LogP contribution is 2.29. The number of aromatic nitrogens is 2. The summed E-state index contributed by atoms with van der Waals surface area (Å²) in [6.07, 6.45) is 3.33. The molecule has 0 spiro atoms. The van der Waals surface area contributed by atoms with Crippen molar-refractivity contribution in [1.82, 2.24) is 19.4 Å². The number of pyridine rings is 1. The normalized spacial score (nSPS) is 19.1. The van der Waals surface area contributed by atoms with Crippen molar-refractivity contribution in [3.8, 4) is 0 Å². The topological polar surface area (TPSA) is 81.8 Å². The lowest BCUT2D eigenvalue weighted by molar-refractivity contribution is 0.0827. The number of nitrogens with zero attached hydrogens (tertiary/aromatic N) is 4. The number of aryl methyl sites for hydroxylation is 1. The third kappa shape index (κ3) is 4.37. The number of carbonyl (C=O) groups excluding carboxylic acids is 1. The van der Waals surface area contributed by atoms with Crippen LogP contribution in [-0.4, -0.2) is 69.5 Å². The average molecular weight is 426 g/mol. The minimum absolute atomic E-state index is 0.0187. The molecule has 0 saturated carbocycles. The second-order valence-electron chi connectivity index (χ2n) is 8.02. The van der Waals surface area contributed by atoms with Crippen molar-refractivity contribution in [3.05, 3.63) is 59.4 Å². The van der Waals surface area contributed by atoms with Crippen LogP contribution in [0.15, 0.2) is 42.6 Å². The van der Waals surface area contributed by atoms with E-state index in [2.05, 4.69) is 9.88 Å². The molecule has 3 aromatic rings. The number of benzene rings is 1. The maximum Gasteiger partial charge on any atom is 0.489 e. The Balaban J connectivity index is 1.41. The van der Waals surface area contributed by atoms with Gasteiger partial charge in [-0.2, -0.15) is 0 Å². The van der Waals surface area contributed by atoms with E-state index in [1.165, 1.54) is 12.1 Å². The number of hydrogen-bond donors (Lipinski definition) is 2. The van der Waals surface area contributed by atoms with Gasteiger partial charge in [0.1, 0.15) is 5.65 Å². The van der Waals surface area contributed by atoms with E-state index >= 15 is 0 Å². The van der Waals surface area contributed by atoms with E-state index in [-0.39, 0.29) is 16.4 Å². The molecule has 162 valence electrons. The van der Waals surface area contributed by atoms with Crippen molar-refractivity contribution in [3.63, 3.8) is 0 Å². The summed E-state index contributed by atoms with van der Waals surface area (Å²) in [6.45, 7) is -3.79. The Kier molecular flexibility index (Phi) is 4.32. The Bertz CT molecular complexity index is 1250. The third-order valence-electron chi connectivity index (χ3n) is 6.15. The van der Waals surface area contributed by atoms with Crippen molar-refractivity contribution in [2.24, 2.45) is 7.05 Å². The minimum atomic E-state index is -3.08. The number of hydrogen-bond acceptors (Lipinski definition) is 5. The molecular formula is C23H29BN4O3. The smallest absolute Gasteiger partial charge is 0.423 e. The Hall–Kier alpha value is -2.68. The molecule has 0 aliphatic carbocycles. The lowest BCUT2D eigenvalue weighted by atomic mass is 9.79. The van der Waals surface area contributed by atoms with Crippen LogP contribution in [0.5, 0.6) is 0 Å². The van der Waals surface area contributed by atoms with Gasteiger partial charge in [0.15, 0.2) is 0 Å². The van der Waals surface area contributed by atoms with Gasteiger partial charge in [-0.1, -0.05) is 12.1 Å². The molecule has 0 unspecified atom stereocenters. The second-order valence-corrected chi connectivity index (χ2v) is 8.02. The zero-order chi connectivity index (χ0) is 27.1. The lowest BCUT2D eigenvalue weighted by Gasteiger charge is -2.32. The van der Waals surface area contributed by atoms with Crippen LogP contribution in [0.1, 0.15) is 48.6 Å². The molecule has 1 aromatic carbocycles. The van der Waals surface area contributed by atoms with Crippen molar-refractivity contribution in [2.75, 3.05) is 27.0 Å². The van der Waals surface area contributed by atoms with Gasteiger partial charge in [0, 0.05) is 58.6 Å². The molecule has 1 fully saturated rings. The van der Waals surface area contributed by atoms with Gasteiger partial charge in [0.2, 0.25) is 0 Å². The largest absolute Gasteiger partial charge is 0.489 e. The predicted molar refractivity (Wildman–Crippen MR) is 122 cm³/mol. The van der Waals surface area contributed by atoms with Gasteiger partial charge in [-0.15, -0.1) is 0 Å². The van der Waals surface area contributed by atoms with Crippen LogP contribution in [0, 0.1) is 0 Å². The van der Waals surface area contributed by atoms with Crippen LogP contribution >= 0.6 is 0 Å². The number of amides is 1. The Morgan fingerprint density at radius 1 is 1.23 bits per heavy atom. The molecule has 2 N–H and O–H groups in total. The number of rotatable bonds is 5. The summed E-state index contributed by atoms with van der Waals surface area (Å²) in [7, 11) is 0.344. The van der Waals surface area contributed by atoms with Crippen LogP contribution in [0.4, 0.5) is 0 Å². The Morgan fingerprint density at radius 3 is 2.58 bits per heavy atom. The Morgan fingerprint density at radius 2 is 1.94 bits per heavy atom. The molecule has 31 heavy (non-hydrogen) atoms. The monoisotopic (exact) mass is 426 g/mol. The van der Waals surface area contributed by atoms with Crippen molar-refractivity contribution in [2.45, 2.75) is 25.3 Å². The van der Waals surface area contributed by atoms with Gasteiger partial charge in [-0.25, -0.2) is 4.98 Å². The number of fused-ring (bicyclic) bond motifs is 1. The first-order chi connectivity index (χ1) is 17.3. The number of likely N-dealkylation sites (tertiary alicyclic amines) is 1. The highest BCUT2D eigenvalue weighted by Gasteiger charge is 2.23. The fraction of sp³-hybridized carbons (Fsp3) is 0.391. The molecule has 3 heterocycles. The SMILES string of the molecule is [2H]C([2H])([2H])N(C(=O)c1ccc(C2CCN(Cc3cc4c(B(O)O)ccnc4n3C)CC2)cc1)C([2H])([2H])[2H]. The quantitative estimate of drug-likeness (QED) is 0.602. The fourth-order valence-electron chi connectivity index (χ4n) is 4.35. The molecule has 1 aliphatic heterocycles. The van der Waals surface area contributed by atoms with Gasteiger partial charge in [-0.3, -0.25) is 9.69 Å². The van der Waals surface area contributed by atoms with E-state index < -0.39 is 27.0 Å². The first-order valence-electron chi connectivity index (χ1n) is 13.2. The molecule has 4 rings (SSSR count). The summed E-state index contributed by atoms with van der Waals surface area (Å²) >= 11 is 0. The average Bonchev–Trinajstić information content (AvgIpc) is 3.13. The standard InChI is InChI=1S/C23H29BN4O3/c1-26(2)23(29)18-6-4-16(5-7-18)17-9-12-28(13-10-17)15-19-14-20-21(24(30)31)8-11-25-22(20)27(19)3/h4-8,11,14,17,30-31H,9-10,12-13,15H2,1-3H3/i1D3,2D3. The summed E-state index contributed by atoms with van der Waals surface area (Å²) in [5, 5.41) is 20.0. The lowest BCUT2D eigenvalue weighted by Crippen LogP contribution is -2.33. The molecule has 7 nitrogen and oxygen atoms in total. The Labute approximate surface area is 191 Å². The highest BCUT2D eigenvalue weighted by molar-refractivity contribution is 6.61. The van der Waals surface area contributed by atoms with Crippen LogP contribution in [0.3, 0.4) is 0 Å². The van der Waals surface area contributed by atoms with Crippen LogP contribution in [0.2, 0.25) is 0 Å². The second kappa shape index (κ2) is 8.82. The van der Waals surface area contributed by atoms with Crippen LogP contribution in [-0.2, 0) is 13.6 Å². The highest BCUT2D eigenvalue weighted by atomic mass is 16.4. The zero-order valence-electron chi connectivity index (χ0n) is 23.3. The molecule has 0 radical (unpaired) electrons. The van der Waals surface area contributed by atoms with Gasteiger partial charge < -0.3 is 19.5 Å². The van der Waals surface area contributed by atoms with Gasteiger partial charge in [-0.05, 0) is 67.1 Å². The summed E-state index contributed by atoms with van der Waals surface area (Å²) in [5.41, 5.74) is 3.17. The molecule has 1 aliphatic rings. The molecule has 1 amide bonds. The van der Waals surface area contributed by atoms with E-state index in [4.69, 9.17) is 8.22 Å². The molecule has 8 heteroatoms. The molecule has 2 aromatic heterocycles. The van der Waals surface area contributed by atoms with E-state index in [0.717, 1.165) is 42.6 Å². The van der Waals surface area contributed by atoms with Crippen molar-refractivity contribution in [1.29, 1.82) is 0 Å². The maximum absolute atomic E-state index is 12.7. The molecule has 1 saturated heterocycles. The molecule has 0 atom stereocenters. The zero-order valence-corrected chi connectivity index (χ0v) is 17.3. The van der Waals surface area contributed by atoms with Crippen LogP contribution < -0.4 is 5.46 Å². The first-order valence-corrected chi connectivity index (χ1v) is 10.2. The number of piperidine rings is 1. The van der Waals surface area contributed by atoms with E-state index in [0.29, 0.717) is 17.7 Å². The van der Waals surface area contributed by atoms with E-state index in [9.17, 15) is 14.8 Å². The van der Waals surface area contributed by atoms with Crippen molar-refractivity contribution < 1.29 is 23.1 Å². The minimum Gasteiger partial charge on any atom is -0.423 e. The van der Waals surface area contributed by atoms with Gasteiger partial charge in [0.25, 0.3) is 5.91 Å². The number of carbonyl (C=O) groups is 1. The maximum atomic E-state index is 12.7. The van der Waals surface area contributed by atoms with E-state index in [1.807, 2.05) is 17.7 Å². The molecular weight excluding hydrogens is 391 g/mol. The summed E-state index contributed by atoms with van der Waals surface area (Å²) in [4.78, 5) is 19.3. The van der Waals surface area contributed by atoms with Crippen molar-refractivity contribution >= 4 is 29.5 Å².